The maximum Gasteiger partial charge on any atom is 0.127 e. The minimum absolute atomic E-state index is 0.0356. The zero-order valence-corrected chi connectivity index (χ0v) is 24.4. The standard InChI is InChI=1S/C42H32O2/c43-24-25-44-40-21-18-31-10-5-6-14-37(31)41(40)38-15-7-13-32-22-23-42(28-39(32)38,35-19-16-29-8-1-3-11-33(29)26-35)36-20-17-30-9-2-4-12-34(30)27-36/h1-22,26-28,43H,23-25H2. The lowest BCUT2D eigenvalue weighted by Gasteiger charge is -2.34. The summed E-state index contributed by atoms with van der Waals surface area (Å²) < 4.78 is 6.18. The van der Waals surface area contributed by atoms with Gasteiger partial charge >= 0.3 is 0 Å². The highest BCUT2D eigenvalue weighted by Gasteiger charge is 2.33. The van der Waals surface area contributed by atoms with Gasteiger partial charge in [-0.05, 0) is 84.1 Å². The highest BCUT2D eigenvalue weighted by atomic mass is 16.5. The van der Waals surface area contributed by atoms with Crippen LogP contribution >= 0.6 is 0 Å². The molecule has 0 radical (unpaired) electrons. The highest BCUT2D eigenvalue weighted by molar-refractivity contribution is 6.00. The maximum atomic E-state index is 9.63. The van der Waals surface area contributed by atoms with Crippen LogP contribution in [0.3, 0.4) is 0 Å². The van der Waals surface area contributed by atoms with Crippen LogP contribution in [0.15, 0.2) is 140 Å². The van der Waals surface area contributed by atoms with Crippen molar-refractivity contribution in [1.29, 1.82) is 0 Å². The van der Waals surface area contributed by atoms with Crippen LogP contribution < -0.4 is 15.2 Å². The third-order valence-corrected chi connectivity index (χ3v) is 9.21. The topological polar surface area (TPSA) is 29.5 Å². The van der Waals surface area contributed by atoms with Crippen LogP contribution in [0.5, 0.6) is 5.75 Å². The lowest BCUT2D eigenvalue weighted by molar-refractivity contribution is 0.202. The van der Waals surface area contributed by atoms with Gasteiger partial charge in [-0.15, -0.1) is 0 Å². The lowest BCUT2D eigenvalue weighted by Crippen LogP contribution is -2.38. The van der Waals surface area contributed by atoms with Gasteiger partial charge in [0.1, 0.15) is 12.4 Å². The molecule has 0 aromatic heterocycles. The first-order chi connectivity index (χ1) is 21.7. The lowest BCUT2D eigenvalue weighted by atomic mass is 9.68. The van der Waals surface area contributed by atoms with Crippen molar-refractivity contribution < 1.29 is 9.84 Å². The largest absolute Gasteiger partial charge is 0.491 e. The molecule has 8 rings (SSSR count). The molecule has 0 heterocycles. The van der Waals surface area contributed by atoms with Crippen LogP contribution in [-0.2, 0) is 5.41 Å². The van der Waals surface area contributed by atoms with Gasteiger partial charge in [-0.25, -0.2) is 0 Å². The van der Waals surface area contributed by atoms with Crippen molar-refractivity contribution in [3.8, 4) is 16.9 Å². The summed E-state index contributed by atoms with van der Waals surface area (Å²) in [4.78, 5) is 0. The van der Waals surface area contributed by atoms with Gasteiger partial charge in [0.15, 0.2) is 0 Å². The number of rotatable bonds is 6. The van der Waals surface area contributed by atoms with Crippen molar-refractivity contribution in [3.05, 3.63) is 161 Å². The van der Waals surface area contributed by atoms with Gasteiger partial charge in [-0.3, -0.25) is 0 Å². The van der Waals surface area contributed by atoms with Gasteiger partial charge in [0.25, 0.3) is 0 Å². The summed E-state index contributed by atoms with van der Waals surface area (Å²) in [6, 6.07) is 50.3. The fourth-order valence-corrected chi connectivity index (χ4v) is 7.02. The monoisotopic (exact) mass is 568 g/mol. The van der Waals surface area contributed by atoms with Gasteiger partial charge in [0.05, 0.1) is 6.61 Å². The molecule has 1 N–H and O–H groups in total. The van der Waals surface area contributed by atoms with E-state index in [9.17, 15) is 5.11 Å². The Morgan fingerprint density at radius 2 is 1.20 bits per heavy atom. The number of ether oxygens (including phenoxy) is 1. The van der Waals surface area contributed by atoms with Gasteiger partial charge in [-0.1, -0.05) is 133 Å². The van der Waals surface area contributed by atoms with Crippen molar-refractivity contribution in [2.24, 2.45) is 0 Å². The fourth-order valence-electron chi connectivity index (χ4n) is 7.02. The van der Waals surface area contributed by atoms with Crippen LogP contribution in [0, 0.1) is 0 Å². The summed E-state index contributed by atoms with van der Waals surface area (Å²) in [7, 11) is 0. The SMILES string of the molecule is OCCOc1ccc2ccccc2c1-c1cccc2c1=CC(c1ccc3ccccc3c1)(c1ccc3ccccc3c1)CC=2. The molecule has 44 heavy (non-hydrogen) atoms. The smallest absolute Gasteiger partial charge is 0.127 e. The van der Waals surface area contributed by atoms with Crippen molar-refractivity contribution >= 4 is 44.5 Å². The van der Waals surface area contributed by atoms with Crippen LogP contribution in [0.25, 0.3) is 55.6 Å². The third-order valence-electron chi connectivity index (χ3n) is 9.21. The molecular formula is C42H32O2. The number of fused-ring (bicyclic) bond motifs is 4. The molecule has 212 valence electrons. The Labute approximate surface area is 256 Å². The molecule has 1 aliphatic rings. The average molecular weight is 569 g/mol. The van der Waals surface area contributed by atoms with Crippen LogP contribution in [0.2, 0.25) is 0 Å². The first kappa shape index (κ1) is 26.4. The summed E-state index contributed by atoms with van der Waals surface area (Å²) in [6.07, 6.45) is 5.76. The fraction of sp³-hybridized carbons (Fsp3) is 0.0952. The summed E-state index contributed by atoms with van der Waals surface area (Å²) >= 11 is 0. The summed E-state index contributed by atoms with van der Waals surface area (Å²) in [5, 5.41) is 19.3. The van der Waals surface area contributed by atoms with Crippen molar-refractivity contribution in [3.63, 3.8) is 0 Å². The molecule has 0 atom stereocenters. The second-order valence-electron chi connectivity index (χ2n) is 11.7. The Morgan fingerprint density at radius 1 is 0.591 bits per heavy atom. The Bertz CT molecular complexity index is 2230. The maximum absolute atomic E-state index is 9.63. The van der Waals surface area contributed by atoms with Crippen molar-refractivity contribution in [1.82, 2.24) is 0 Å². The quantitative estimate of drug-likeness (QED) is 0.219. The number of hydrogen-bond acceptors (Lipinski definition) is 2. The second kappa shape index (κ2) is 10.8. The molecule has 0 aliphatic heterocycles. The molecule has 0 unspecified atom stereocenters. The molecule has 0 fully saturated rings. The molecule has 1 aliphatic carbocycles. The van der Waals surface area contributed by atoms with Crippen LogP contribution in [0.4, 0.5) is 0 Å². The number of aliphatic hydroxyl groups excluding tert-OH is 1. The summed E-state index contributed by atoms with van der Waals surface area (Å²) in [6.45, 7) is 0.209. The second-order valence-corrected chi connectivity index (χ2v) is 11.7. The predicted molar refractivity (Wildman–Crippen MR) is 183 cm³/mol. The van der Waals surface area contributed by atoms with E-state index in [-0.39, 0.29) is 18.6 Å². The number of benzene rings is 7. The van der Waals surface area contributed by atoms with Crippen LogP contribution in [-0.4, -0.2) is 18.3 Å². The van der Waals surface area contributed by atoms with E-state index >= 15 is 0 Å². The molecule has 0 amide bonds. The Balaban J connectivity index is 1.45. The van der Waals surface area contributed by atoms with E-state index in [0.717, 1.165) is 34.1 Å². The van der Waals surface area contributed by atoms with E-state index in [1.807, 2.05) is 6.07 Å². The Hall–Kier alpha value is -5.18. The number of aliphatic hydroxyl groups is 1. The summed E-state index contributed by atoms with van der Waals surface area (Å²) in [5.74, 6) is 0.784. The average Bonchev–Trinajstić information content (AvgIpc) is 3.09. The molecule has 7 aromatic carbocycles. The first-order valence-electron chi connectivity index (χ1n) is 15.3. The zero-order valence-electron chi connectivity index (χ0n) is 24.4. The normalized spacial score (nSPS) is 13.8. The third kappa shape index (κ3) is 4.38. The van der Waals surface area contributed by atoms with Crippen molar-refractivity contribution in [2.75, 3.05) is 13.2 Å². The number of hydrogen-bond donors (Lipinski definition) is 1. The molecule has 0 spiro atoms. The van der Waals surface area contributed by atoms with Gasteiger partial charge < -0.3 is 9.84 Å². The van der Waals surface area contributed by atoms with E-state index in [1.165, 1.54) is 43.1 Å². The molecule has 0 saturated heterocycles. The van der Waals surface area contributed by atoms with E-state index in [4.69, 9.17) is 4.74 Å². The molecular weight excluding hydrogens is 536 g/mol. The van der Waals surface area contributed by atoms with E-state index in [2.05, 4.69) is 146 Å². The molecule has 0 bridgehead atoms. The van der Waals surface area contributed by atoms with Gasteiger partial charge in [0.2, 0.25) is 0 Å². The Morgan fingerprint density at radius 3 is 1.89 bits per heavy atom. The predicted octanol–water partition coefficient (Wildman–Crippen LogP) is 8.14. The minimum Gasteiger partial charge on any atom is -0.491 e. The van der Waals surface area contributed by atoms with E-state index in [0.29, 0.717) is 0 Å². The molecule has 2 heteroatoms. The minimum atomic E-state index is -0.381. The van der Waals surface area contributed by atoms with Crippen LogP contribution in [0.1, 0.15) is 17.5 Å². The highest BCUT2D eigenvalue weighted by Crippen LogP contribution is 2.42. The van der Waals surface area contributed by atoms with E-state index in [1.54, 1.807) is 0 Å². The van der Waals surface area contributed by atoms with Gasteiger partial charge in [-0.2, -0.15) is 0 Å². The molecule has 2 nitrogen and oxygen atoms in total. The molecule has 7 aromatic rings. The summed E-state index contributed by atoms with van der Waals surface area (Å²) in [5.41, 5.74) is 4.36. The first-order valence-corrected chi connectivity index (χ1v) is 15.3. The molecule has 0 saturated carbocycles. The Kier molecular flexibility index (Phi) is 6.51. The van der Waals surface area contributed by atoms with Crippen molar-refractivity contribution in [2.45, 2.75) is 11.8 Å². The zero-order chi connectivity index (χ0) is 29.5. The van der Waals surface area contributed by atoms with Gasteiger partial charge in [0, 0.05) is 11.0 Å². The van der Waals surface area contributed by atoms with E-state index < -0.39 is 0 Å².